The van der Waals surface area contributed by atoms with E-state index in [0.29, 0.717) is 4.67 Å². The molecule has 98 valence electrons. The first-order chi connectivity index (χ1) is 7.83. The Balaban J connectivity index is 5.47. The topological polar surface area (TPSA) is 93.1 Å². The van der Waals surface area contributed by atoms with Gasteiger partial charge in [0.05, 0.1) is 0 Å². The van der Waals surface area contributed by atoms with Crippen molar-refractivity contribution in [3.63, 3.8) is 0 Å². The van der Waals surface area contributed by atoms with E-state index in [-0.39, 0.29) is 6.42 Å². The SMILES string of the molecule is C=CCC(C(C)=O)N(C(=O)O)P(=O)(OC)OC. The quantitative estimate of drug-likeness (QED) is 0.558. The second kappa shape index (κ2) is 6.54. The zero-order chi connectivity index (χ0) is 13.6. The van der Waals surface area contributed by atoms with Crippen molar-refractivity contribution in [3.8, 4) is 0 Å². The smallest absolute Gasteiger partial charge is 0.440 e. The molecule has 17 heavy (non-hydrogen) atoms. The van der Waals surface area contributed by atoms with Crippen LogP contribution < -0.4 is 0 Å². The lowest BCUT2D eigenvalue weighted by Crippen LogP contribution is -2.41. The molecule has 0 spiro atoms. The minimum absolute atomic E-state index is 0.0261. The van der Waals surface area contributed by atoms with E-state index in [1.807, 2.05) is 0 Å². The Kier molecular flexibility index (Phi) is 6.09. The lowest BCUT2D eigenvalue weighted by Gasteiger charge is -2.30. The van der Waals surface area contributed by atoms with E-state index in [0.717, 1.165) is 14.2 Å². The molecule has 7 nitrogen and oxygen atoms in total. The first kappa shape index (κ1) is 15.8. The molecule has 0 aliphatic heterocycles. The first-order valence-corrected chi connectivity index (χ1v) is 6.19. The van der Waals surface area contributed by atoms with Gasteiger partial charge < -0.3 is 5.11 Å². The van der Waals surface area contributed by atoms with Crippen molar-refractivity contribution in [3.05, 3.63) is 12.7 Å². The maximum absolute atomic E-state index is 12.0. The monoisotopic (exact) mass is 265 g/mol. The van der Waals surface area contributed by atoms with Crippen molar-refractivity contribution in [2.45, 2.75) is 19.4 Å². The molecule has 0 saturated heterocycles. The van der Waals surface area contributed by atoms with Gasteiger partial charge in [-0.1, -0.05) is 6.08 Å². The van der Waals surface area contributed by atoms with Gasteiger partial charge in [0.2, 0.25) is 0 Å². The fraction of sp³-hybridized carbons (Fsp3) is 0.556. The summed E-state index contributed by atoms with van der Waals surface area (Å²) in [5, 5.41) is 9.02. The summed E-state index contributed by atoms with van der Waals surface area (Å²) in [7, 11) is -1.93. The van der Waals surface area contributed by atoms with Gasteiger partial charge in [-0.25, -0.2) is 14.0 Å². The molecule has 1 atom stereocenters. The molecule has 0 aromatic carbocycles. The first-order valence-electron chi connectivity index (χ1n) is 4.69. The van der Waals surface area contributed by atoms with Crippen LogP contribution in [0.5, 0.6) is 0 Å². The number of hydrogen-bond acceptors (Lipinski definition) is 5. The van der Waals surface area contributed by atoms with E-state index in [1.54, 1.807) is 0 Å². The fourth-order valence-corrected chi connectivity index (χ4v) is 2.56. The average Bonchev–Trinajstić information content (AvgIpc) is 2.27. The second-order valence-electron chi connectivity index (χ2n) is 3.11. The summed E-state index contributed by atoms with van der Waals surface area (Å²) in [5.74, 6) is -0.471. The van der Waals surface area contributed by atoms with Gasteiger partial charge in [0, 0.05) is 14.2 Å². The highest BCUT2D eigenvalue weighted by molar-refractivity contribution is 7.52. The Bertz CT molecular complexity index is 347. The van der Waals surface area contributed by atoms with E-state index in [2.05, 4.69) is 15.6 Å². The van der Waals surface area contributed by atoms with Crippen LogP contribution in [0.4, 0.5) is 4.79 Å². The number of hydrogen-bond donors (Lipinski definition) is 1. The van der Waals surface area contributed by atoms with Crippen LogP contribution in [-0.2, 0) is 18.4 Å². The van der Waals surface area contributed by atoms with Crippen LogP contribution in [0.25, 0.3) is 0 Å². The molecule has 0 aliphatic rings. The molecular weight excluding hydrogens is 249 g/mol. The van der Waals surface area contributed by atoms with Crippen LogP contribution in [-0.4, -0.2) is 41.9 Å². The van der Waals surface area contributed by atoms with E-state index >= 15 is 0 Å². The number of rotatable bonds is 7. The molecule has 0 aliphatic carbocycles. The van der Waals surface area contributed by atoms with Gasteiger partial charge in [0.1, 0.15) is 6.04 Å². The second-order valence-corrected chi connectivity index (χ2v) is 5.21. The van der Waals surface area contributed by atoms with Crippen molar-refractivity contribution >= 4 is 19.6 Å². The Morgan fingerprint density at radius 1 is 1.47 bits per heavy atom. The third-order valence-electron chi connectivity index (χ3n) is 2.08. The van der Waals surface area contributed by atoms with Crippen molar-refractivity contribution < 1.29 is 28.3 Å². The number of amides is 1. The molecule has 0 heterocycles. The number of carboxylic acid groups (broad SMARTS) is 1. The summed E-state index contributed by atoms with van der Waals surface area (Å²) < 4.78 is 21.6. The Hall–Kier alpha value is -1.17. The van der Waals surface area contributed by atoms with Gasteiger partial charge in [0.15, 0.2) is 5.78 Å². The predicted molar refractivity (Wildman–Crippen MR) is 60.8 cm³/mol. The van der Waals surface area contributed by atoms with Crippen molar-refractivity contribution in [1.29, 1.82) is 0 Å². The van der Waals surface area contributed by atoms with E-state index in [9.17, 15) is 14.2 Å². The summed E-state index contributed by atoms with van der Waals surface area (Å²) in [5.41, 5.74) is 0. The number of Topliss-reactive ketones (excluding diaryl/α,β-unsaturated/α-hetero) is 1. The van der Waals surface area contributed by atoms with Crippen molar-refractivity contribution in [1.82, 2.24) is 4.67 Å². The van der Waals surface area contributed by atoms with Gasteiger partial charge in [-0.2, -0.15) is 0 Å². The van der Waals surface area contributed by atoms with E-state index in [1.165, 1.54) is 13.0 Å². The zero-order valence-corrected chi connectivity index (χ0v) is 10.8. The standard InChI is InChI=1S/C9H16NO6P/c1-5-6-8(7(2)11)10(9(12)13)17(14,15-3)16-4/h5,8H,1,6H2,2-4H3,(H,12,13). The molecule has 0 aromatic heterocycles. The summed E-state index contributed by atoms with van der Waals surface area (Å²) >= 11 is 0. The highest BCUT2D eigenvalue weighted by Gasteiger charge is 2.42. The van der Waals surface area contributed by atoms with Gasteiger partial charge in [-0.05, 0) is 13.3 Å². The number of carbonyl (C=O) groups excluding carboxylic acids is 1. The lowest BCUT2D eigenvalue weighted by molar-refractivity contribution is -0.120. The summed E-state index contributed by atoms with van der Waals surface area (Å²) in [6.07, 6.45) is -0.171. The minimum atomic E-state index is -4.02. The number of ketones is 1. The van der Waals surface area contributed by atoms with Crippen LogP contribution in [0.2, 0.25) is 0 Å². The molecule has 0 aromatic rings. The van der Waals surface area contributed by atoms with Crippen LogP contribution in [0, 0.1) is 0 Å². The molecule has 8 heteroatoms. The number of nitrogens with zero attached hydrogens (tertiary/aromatic N) is 1. The summed E-state index contributed by atoms with van der Waals surface area (Å²) in [6.45, 7) is 4.61. The molecule has 1 N–H and O–H groups in total. The maximum Gasteiger partial charge on any atom is 0.440 e. The van der Waals surface area contributed by atoms with Crippen LogP contribution in [0.3, 0.4) is 0 Å². The van der Waals surface area contributed by atoms with E-state index in [4.69, 9.17) is 5.11 Å². The Labute approximate surface area is 99.6 Å². The van der Waals surface area contributed by atoms with Crippen molar-refractivity contribution in [2.75, 3.05) is 14.2 Å². The normalized spacial score (nSPS) is 12.9. The highest BCUT2D eigenvalue weighted by Crippen LogP contribution is 2.52. The molecule has 0 fully saturated rings. The third kappa shape index (κ3) is 3.66. The molecule has 0 rings (SSSR count). The largest absolute Gasteiger partial charge is 0.465 e. The lowest BCUT2D eigenvalue weighted by atomic mass is 10.1. The van der Waals surface area contributed by atoms with Gasteiger partial charge in [0.25, 0.3) is 0 Å². The van der Waals surface area contributed by atoms with Crippen molar-refractivity contribution in [2.24, 2.45) is 0 Å². The molecule has 1 amide bonds. The third-order valence-corrected chi connectivity index (χ3v) is 3.98. The van der Waals surface area contributed by atoms with Crippen LogP contribution in [0.15, 0.2) is 12.7 Å². The molecule has 0 bridgehead atoms. The molecular formula is C9H16NO6P. The van der Waals surface area contributed by atoms with E-state index < -0.39 is 25.7 Å². The number of carbonyl (C=O) groups is 2. The minimum Gasteiger partial charge on any atom is -0.465 e. The van der Waals surface area contributed by atoms with Gasteiger partial charge in [-0.15, -0.1) is 6.58 Å². The molecule has 0 radical (unpaired) electrons. The van der Waals surface area contributed by atoms with Gasteiger partial charge >= 0.3 is 13.8 Å². The Morgan fingerprint density at radius 3 is 2.18 bits per heavy atom. The summed E-state index contributed by atoms with van der Waals surface area (Å²) in [6, 6.07) is -1.14. The van der Waals surface area contributed by atoms with Crippen LogP contribution >= 0.6 is 7.75 Å². The fourth-order valence-electron chi connectivity index (χ4n) is 1.26. The highest BCUT2D eigenvalue weighted by atomic mass is 31.2. The zero-order valence-electron chi connectivity index (χ0n) is 9.95. The summed E-state index contributed by atoms with van der Waals surface area (Å²) in [4.78, 5) is 22.5. The average molecular weight is 265 g/mol. The predicted octanol–water partition coefficient (Wildman–Crippen LogP) is 1.90. The van der Waals surface area contributed by atoms with Gasteiger partial charge in [-0.3, -0.25) is 13.8 Å². The van der Waals surface area contributed by atoms with Crippen LogP contribution in [0.1, 0.15) is 13.3 Å². The maximum atomic E-state index is 12.0. The Morgan fingerprint density at radius 2 is 1.94 bits per heavy atom. The molecule has 1 unspecified atom stereocenters. The molecule has 0 saturated carbocycles.